The van der Waals surface area contributed by atoms with Gasteiger partial charge in [0.15, 0.2) is 5.78 Å². The summed E-state index contributed by atoms with van der Waals surface area (Å²) in [4.78, 5) is 51.0. The van der Waals surface area contributed by atoms with Gasteiger partial charge in [-0.2, -0.15) is 0 Å². The minimum absolute atomic E-state index is 0.0784. The van der Waals surface area contributed by atoms with Crippen molar-refractivity contribution in [3.8, 4) is 0 Å². The van der Waals surface area contributed by atoms with Crippen LogP contribution in [-0.4, -0.2) is 42.4 Å². The number of Topliss-reactive ketones (excluding diaryl/α,β-unsaturated/α-hetero) is 2. The van der Waals surface area contributed by atoms with Crippen molar-refractivity contribution >= 4 is 35.2 Å². The Morgan fingerprint density at radius 1 is 1.16 bits per heavy atom. The zero-order chi connectivity index (χ0) is 23.9. The molecule has 0 bridgehead atoms. The Bertz CT molecular complexity index is 855. The van der Waals surface area contributed by atoms with Crippen molar-refractivity contribution in [3.63, 3.8) is 0 Å². The quantitative estimate of drug-likeness (QED) is 0.381. The molecule has 0 aliphatic heterocycles. The van der Waals surface area contributed by atoms with Crippen LogP contribution in [0, 0.1) is 11.8 Å². The van der Waals surface area contributed by atoms with Crippen LogP contribution in [0.15, 0.2) is 24.3 Å². The summed E-state index contributed by atoms with van der Waals surface area (Å²) in [6, 6.07) is 6.97. The third kappa shape index (κ3) is 6.09. The average Bonchev–Trinajstić information content (AvgIpc) is 2.73. The maximum absolute atomic E-state index is 13.1. The van der Waals surface area contributed by atoms with Gasteiger partial charge in [0, 0.05) is 30.5 Å². The van der Waals surface area contributed by atoms with E-state index in [1.807, 2.05) is 13.8 Å². The monoisotopic (exact) mass is 465 g/mol. The van der Waals surface area contributed by atoms with Gasteiger partial charge >= 0.3 is 12.1 Å². The molecule has 0 unspecified atom stereocenters. The summed E-state index contributed by atoms with van der Waals surface area (Å²) in [6.07, 6.45) is 2.05. The van der Waals surface area contributed by atoms with Crippen molar-refractivity contribution in [1.29, 1.82) is 0 Å². The lowest BCUT2D eigenvalue weighted by Crippen LogP contribution is -2.54. The summed E-state index contributed by atoms with van der Waals surface area (Å²) in [5, 5.41) is 0.398. The van der Waals surface area contributed by atoms with E-state index in [1.54, 1.807) is 24.3 Å². The van der Waals surface area contributed by atoms with Crippen molar-refractivity contribution in [2.75, 3.05) is 13.8 Å². The highest BCUT2D eigenvalue weighted by molar-refractivity contribution is 6.31. The van der Waals surface area contributed by atoms with Crippen LogP contribution >= 0.6 is 11.6 Å². The number of carbonyl (C=O) groups is 4. The van der Waals surface area contributed by atoms with Crippen LogP contribution in [0.4, 0.5) is 4.79 Å². The van der Waals surface area contributed by atoms with Gasteiger partial charge in [-0.3, -0.25) is 14.5 Å². The van der Waals surface area contributed by atoms with E-state index in [0.29, 0.717) is 29.8 Å². The van der Waals surface area contributed by atoms with E-state index in [9.17, 15) is 19.2 Å². The van der Waals surface area contributed by atoms with Gasteiger partial charge in [0.25, 0.3) is 0 Å². The van der Waals surface area contributed by atoms with Crippen LogP contribution in [0.25, 0.3) is 0 Å². The number of halogens is 1. The first kappa shape index (κ1) is 25.8. The summed E-state index contributed by atoms with van der Waals surface area (Å²) < 4.78 is 10.3. The molecule has 2 rings (SSSR count). The maximum Gasteiger partial charge on any atom is 0.413 e. The van der Waals surface area contributed by atoms with Gasteiger partial charge < -0.3 is 14.3 Å². The molecule has 8 heteroatoms. The van der Waals surface area contributed by atoms with Gasteiger partial charge in [-0.1, -0.05) is 43.6 Å². The smallest absolute Gasteiger partial charge is 0.413 e. The second-order valence-electron chi connectivity index (χ2n) is 8.75. The Morgan fingerprint density at radius 3 is 2.44 bits per heavy atom. The summed E-state index contributed by atoms with van der Waals surface area (Å²) in [6.45, 7) is 4.72. The Kier molecular flexibility index (Phi) is 9.25. The van der Waals surface area contributed by atoms with Crippen molar-refractivity contribution in [3.05, 3.63) is 34.9 Å². The third-order valence-electron chi connectivity index (χ3n) is 5.83. The standard InChI is InChI=1S/C24H32ClNO6/c1-16(2)13-18(14-17(3)27)22(29)31-15-32-23(30)26(4)24(12-8-7-11-21(24)28)19-9-5-6-10-20(19)25/h5-6,9-10,16,18H,7-8,11-15H2,1-4H3/t18-,24+/m1/s1. The second kappa shape index (κ2) is 11.5. The highest BCUT2D eigenvalue weighted by Crippen LogP contribution is 2.42. The largest absolute Gasteiger partial charge is 0.428 e. The molecule has 1 fully saturated rings. The summed E-state index contributed by atoms with van der Waals surface area (Å²) in [7, 11) is 1.49. The molecule has 1 saturated carbocycles. The van der Waals surface area contributed by atoms with Crippen molar-refractivity contribution in [1.82, 2.24) is 4.90 Å². The lowest BCUT2D eigenvalue weighted by molar-refractivity contribution is -0.160. The first-order valence-electron chi connectivity index (χ1n) is 10.9. The van der Waals surface area contributed by atoms with Crippen LogP contribution in [0.5, 0.6) is 0 Å². The average molecular weight is 466 g/mol. The highest BCUT2D eigenvalue weighted by Gasteiger charge is 2.48. The summed E-state index contributed by atoms with van der Waals surface area (Å²) in [5.74, 6) is -1.18. The fraction of sp³-hybridized carbons (Fsp3) is 0.583. The number of nitrogens with zero attached hydrogens (tertiary/aromatic N) is 1. The van der Waals surface area contributed by atoms with Gasteiger partial charge in [0.05, 0.1) is 5.92 Å². The molecular weight excluding hydrogens is 434 g/mol. The predicted octanol–water partition coefficient (Wildman–Crippen LogP) is 4.89. The van der Waals surface area contributed by atoms with Gasteiger partial charge in [-0.25, -0.2) is 4.79 Å². The normalized spacial score (nSPS) is 19.4. The number of ketones is 2. The van der Waals surface area contributed by atoms with Crippen LogP contribution in [-0.2, 0) is 29.4 Å². The molecule has 1 aliphatic rings. The molecule has 0 N–H and O–H groups in total. The number of amides is 1. The molecule has 0 saturated heterocycles. The number of likely N-dealkylation sites (N-methyl/N-ethyl adjacent to an activating group) is 1. The molecule has 0 spiro atoms. The number of hydrogen-bond donors (Lipinski definition) is 0. The molecule has 1 aromatic rings. The topological polar surface area (TPSA) is 90.0 Å². The number of carbonyl (C=O) groups excluding carboxylic acids is 4. The highest BCUT2D eigenvalue weighted by atomic mass is 35.5. The van der Waals surface area contributed by atoms with Crippen molar-refractivity contribution < 1.29 is 28.7 Å². The van der Waals surface area contributed by atoms with E-state index in [2.05, 4.69) is 0 Å². The van der Waals surface area contributed by atoms with Crippen molar-refractivity contribution in [2.45, 2.75) is 64.8 Å². The van der Waals surface area contributed by atoms with Gasteiger partial charge in [-0.15, -0.1) is 0 Å². The molecule has 176 valence electrons. The molecule has 1 amide bonds. The van der Waals surface area contributed by atoms with Crippen LogP contribution < -0.4 is 0 Å². The van der Waals surface area contributed by atoms with E-state index in [0.717, 1.165) is 12.8 Å². The van der Waals surface area contributed by atoms with Crippen LogP contribution in [0.3, 0.4) is 0 Å². The number of hydrogen-bond acceptors (Lipinski definition) is 6. The number of rotatable bonds is 9. The number of esters is 1. The van der Waals surface area contributed by atoms with Gasteiger partial charge in [0.1, 0.15) is 11.3 Å². The minimum atomic E-state index is -1.23. The van der Waals surface area contributed by atoms with Crippen molar-refractivity contribution in [2.24, 2.45) is 11.8 Å². The fourth-order valence-electron chi connectivity index (χ4n) is 4.32. The molecular formula is C24H32ClNO6. The first-order chi connectivity index (χ1) is 15.1. The molecule has 2 atom stereocenters. The molecule has 1 aliphatic carbocycles. The first-order valence-corrected chi connectivity index (χ1v) is 11.3. The molecule has 32 heavy (non-hydrogen) atoms. The van der Waals surface area contributed by atoms with E-state index in [4.69, 9.17) is 21.1 Å². The fourth-order valence-corrected chi connectivity index (χ4v) is 4.61. The van der Waals surface area contributed by atoms with Gasteiger partial charge in [0.2, 0.25) is 6.79 Å². The lowest BCUT2D eigenvalue weighted by Gasteiger charge is -2.43. The lowest BCUT2D eigenvalue weighted by atomic mass is 9.74. The molecule has 0 radical (unpaired) electrons. The number of benzene rings is 1. The van der Waals surface area contributed by atoms with Crippen LogP contribution in [0.1, 0.15) is 64.9 Å². The Morgan fingerprint density at radius 2 is 1.84 bits per heavy atom. The van der Waals surface area contributed by atoms with E-state index < -0.39 is 30.3 Å². The third-order valence-corrected chi connectivity index (χ3v) is 6.16. The molecule has 7 nitrogen and oxygen atoms in total. The SMILES string of the molecule is CC(=O)C[C@@H](CC(C)C)C(=O)OCOC(=O)N(C)[C@]1(c2ccccc2Cl)CCCCC1=O. The zero-order valence-electron chi connectivity index (χ0n) is 19.2. The van der Waals surface area contributed by atoms with Crippen LogP contribution in [0.2, 0.25) is 5.02 Å². The summed E-state index contributed by atoms with van der Waals surface area (Å²) in [5.41, 5.74) is -0.673. The maximum atomic E-state index is 13.1. The zero-order valence-corrected chi connectivity index (χ0v) is 19.9. The molecule has 0 heterocycles. The summed E-state index contributed by atoms with van der Waals surface area (Å²) >= 11 is 6.40. The Labute approximate surface area is 194 Å². The Hall–Kier alpha value is -2.41. The van der Waals surface area contributed by atoms with E-state index >= 15 is 0 Å². The molecule has 0 aromatic heterocycles. The van der Waals surface area contributed by atoms with E-state index in [1.165, 1.54) is 18.9 Å². The second-order valence-corrected chi connectivity index (χ2v) is 9.16. The number of ether oxygens (including phenoxy) is 2. The minimum Gasteiger partial charge on any atom is -0.428 e. The van der Waals surface area contributed by atoms with Gasteiger partial charge in [-0.05, 0) is 44.6 Å². The molecule has 1 aromatic carbocycles. The van der Waals surface area contributed by atoms with E-state index in [-0.39, 0.29) is 23.9 Å². The Balaban J connectivity index is 2.10. The predicted molar refractivity (Wildman–Crippen MR) is 120 cm³/mol.